The molecule has 2 saturated heterocycles. The maximum atomic E-state index is 13.5. The summed E-state index contributed by atoms with van der Waals surface area (Å²) in [5, 5.41) is 9.70. The number of hydrogen-bond donors (Lipinski definition) is 1. The van der Waals surface area contributed by atoms with Gasteiger partial charge >= 0.3 is 12.2 Å². The molecular formula is C24H29F3N6O4. The molecule has 1 unspecified atom stereocenters. The standard InChI is InChI=1S/C24H29F3N6O4/c1-36-22-19(24(25,26)27)10-15(11-28-22)32-9-5-20-18(13-32)21(30-14-29-20)37-17-4-8-33(12-17)23(35)31-6-2-16(34)3-7-31/h10-11,14,16-17,34H,2-9,12-13H2,1H3. The minimum Gasteiger partial charge on any atom is -0.481 e. The lowest BCUT2D eigenvalue weighted by Crippen LogP contribution is -2.47. The third-order valence-electron chi connectivity index (χ3n) is 7.09. The van der Waals surface area contributed by atoms with Crippen molar-refractivity contribution in [2.75, 3.05) is 44.7 Å². The third kappa shape index (κ3) is 5.36. The molecule has 2 aromatic rings. The molecule has 3 aliphatic heterocycles. The Morgan fingerprint density at radius 1 is 1.05 bits per heavy atom. The molecule has 0 saturated carbocycles. The number of ether oxygens (including phenoxy) is 2. The van der Waals surface area contributed by atoms with E-state index in [1.165, 1.54) is 12.5 Å². The summed E-state index contributed by atoms with van der Waals surface area (Å²) in [7, 11) is 1.16. The first-order valence-corrected chi connectivity index (χ1v) is 12.3. The van der Waals surface area contributed by atoms with Crippen LogP contribution in [0.2, 0.25) is 0 Å². The zero-order chi connectivity index (χ0) is 26.2. The molecule has 10 nitrogen and oxygen atoms in total. The van der Waals surface area contributed by atoms with Gasteiger partial charge in [-0.3, -0.25) is 0 Å². The smallest absolute Gasteiger partial charge is 0.421 e. The number of hydrogen-bond acceptors (Lipinski definition) is 8. The highest BCUT2D eigenvalue weighted by molar-refractivity contribution is 5.75. The number of anilines is 1. The van der Waals surface area contributed by atoms with E-state index in [1.54, 1.807) is 14.7 Å². The Bertz CT molecular complexity index is 1140. The average Bonchev–Trinajstić information content (AvgIpc) is 3.36. The Labute approximate surface area is 212 Å². The maximum Gasteiger partial charge on any atom is 0.421 e. The molecule has 0 aliphatic carbocycles. The molecule has 1 atom stereocenters. The van der Waals surface area contributed by atoms with Gasteiger partial charge in [-0.1, -0.05) is 0 Å². The van der Waals surface area contributed by atoms with Gasteiger partial charge in [0.15, 0.2) is 0 Å². The van der Waals surface area contributed by atoms with Crippen molar-refractivity contribution >= 4 is 11.7 Å². The van der Waals surface area contributed by atoms with E-state index < -0.39 is 17.6 Å². The Hall–Kier alpha value is -3.35. The van der Waals surface area contributed by atoms with E-state index in [0.29, 0.717) is 75.5 Å². The average molecular weight is 523 g/mol. The molecule has 0 bridgehead atoms. The highest BCUT2D eigenvalue weighted by Gasteiger charge is 2.37. The molecule has 1 N–H and O–H groups in total. The number of pyridine rings is 1. The Morgan fingerprint density at radius 2 is 1.81 bits per heavy atom. The summed E-state index contributed by atoms with van der Waals surface area (Å²) in [5.74, 6) is -0.0882. The van der Waals surface area contributed by atoms with Crippen LogP contribution in [0.4, 0.5) is 23.7 Å². The molecule has 37 heavy (non-hydrogen) atoms. The van der Waals surface area contributed by atoms with Crippen LogP contribution in [-0.2, 0) is 19.1 Å². The maximum absolute atomic E-state index is 13.5. The highest BCUT2D eigenvalue weighted by atomic mass is 19.4. The predicted octanol–water partition coefficient (Wildman–Crippen LogP) is 2.49. The van der Waals surface area contributed by atoms with Gasteiger partial charge in [0.1, 0.15) is 18.0 Å². The molecular weight excluding hydrogens is 493 g/mol. The second-order valence-corrected chi connectivity index (χ2v) is 9.50. The van der Waals surface area contributed by atoms with Gasteiger partial charge in [-0.15, -0.1) is 0 Å². The minimum atomic E-state index is -4.60. The van der Waals surface area contributed by atoms with E-state index in [1.807, 2.05) is 0 Å². The zero-order valence-electron chi connectivity index (χ0n) is 20.4. The summed E-state index contributed by atoms with van der Waals surface area (Å²) in [5.41, 5.74) is 0.889. The van der Waals surface area contributed by atoms with Gasteiger partial charge in [0, 0.05) is 39.0 Å². The van der Waals surface area contributed by atoms with Crippen molar-refractivity contribution in [2.24, 2.45) is 0 Å². The van der Waals surface area contributed by atoms with Crippen LogP contribution in [0.15, 0.2) is 18.6 Å². The molecule has 0 aromatic carbocycles. The van der Waals surface area contributed by atoms with Gasteiger partial charge in [0.2, 0.25) is 11.8 Å². The number of urea groups is 1. The third-order valence-corrected chi connectivity index (χ3v) is 7.09. The Morgan fingerprint density at radius 3 is 2.54 bits per heavy atom. The van der Waals surface area contributed by atoms with Crippen LogP contribution >= 0.6 is 0 Å². The first-order chi connectivity index (χ1) is 17.7. The van der Waals surface area contributed by atoms with E-state index in [9.17, 15) is 23.1 Å². The van der Waals surface area contributed by atoms with Gasteiger partial charge in [0.25, 0.3) is 0 Å². The molecule has 2 fully saturated rings. The van der Waals surface area contributed by atoms with Gasteiger partial charge in [-0.2, -0.15) is 13.2 Å². The molecule has 0 spiro atoms. The number of nitrogens with zero attached hydrogens (tertiary/aromatic N) is 6. The number of piperidine rings is 1. The van der Waals surface area contributed by atoms with Crippen molar-refractivity contribution in [3.8, 4) is 11.8 Å². The second-order valence-electron chi connectivity index (χ2n) is 9.50. The molecule has 2 aromatic heterocycles. The van der Waals surface area contributed by atoms with Crippen LogP contribution in [0.5, 0.6) is 11.8 Å². The van der Waals surface area contributed by atoms with E-state index in [2.05, 4.69) is 15.0 Å². The molecule has 0 radical (unpaired) electrons. The number of fused-ring (bicyclic) bond motifs is 1. The summed E-state index contributed by atoms with van der Waals surface area (Å²) in [6.45, 7) is 2.77. The number of aliphatic hydroxyl groups excluding tert-OH is 1. The van der Waals surface area contributed by atoms with Crippen molar-refractivity contribution in [2.45, 2.75) is 50.6 Å². The number of methoxy groups -OCH3 is 1. The van der Waals surface area contributed by atoms with Crippen LogP contribution < -0.4 is 14.4 Å². The number of likely N-dealkylation sites (tertiary alicyclic amines) is 2. The van der Waals surface area contributed by atoms with Crippen molar-refractivity contribution in [1.29, 1.82) is 0 Å². The van der Waals surface area contributed by atoms with Crippen LogP contribution in [0, 0.1) is 0 Å². The molecule has 2 amide bonds. The lowest BCUT2D eigenvalue weighted by molar-refractivity contribution is -0.139. The number of amides is 2. The van der Waals surface area contributed by atoms with Crippen LogP contribution in [0.3, 0.4) is 0 Å². The molecule has 5 heterocycles. The summed E-state index contributed by atoms with van der Waals surface area (Å²) in [6.07, 6.45) is -0.0990. The van der Waals surface area contributed by atoms with Gasteiger partial charge in [-0.25, -0.2) is 19.7 Å². The number of alkyl halides is 3. The fraction of sp³-hybridized carbons (Fsp3) is 0.583. The van der Waals surface area contributed by atoms with E-state index in [4.69, 9.17) is 9.47 Å². The van der Waals surface area contributed by atoms with Crippen LogP contribution in [0.25, 0.3) is 0 Å². The fourth-order valence-electron chi connectivity index (χ4n) is 5.03. The first-order valence-electron chi connectivity index (χ1n) is 12.3. The Kier molecular flexibility index (Phi) is 6.97. The van der Waals surface area contributed by atoms with Crippen LogP contribution in [-0.4, -0.2) is 87.9 Å². The number of aromatic nitrogens is 3. The van der Waals surface area contributed by atoms with Crippen LogP contribution in [0.1, 0.15) is 36.1 Å². The van der Waals surface area contributed by atoms with E-state index in [-0.39, 0.29) is 24.8 Å². The van der Waals surface area contributed by atoms with Crippen molar-refractivity contribution in [3.63, 3.8) is 0 Å². The number of carbonyl (C=O) groups excluding carboxylic acids is 1. The highest BCUT2D eigenvalue weighted by Crippen LogP contribution is 2.38. The van der Waals surface area contributed by atoms with Gasteiger partial charge < -0.3 is 29.3 Å². The topological polar surface area (TPSA) is 104 Å². The van der Waals surface area contributed by atoms with Gasteiger partial charge in [0.05, 0.1) is 49.4 Å². The molecule has 5 rings (SSSR count). The molecule has 200 valence electrons. The normalized spacial score (nSPS) is 20.7. The number of rotatable bonds is 4. The lowest BCUT2D eigenvalue weighted by atomic mass is 10.1. The molecule has 13 heteroatoms. The van der Waals surface area contributed by atoms with Crippen molar-refractivity contribution < 1.29 is 32.5 Å². The quantitative estimate of drug-likeness (QED) is 0.654. The minimum absolute atomic E-state index is 0.0543. The molecule has 3 aliphatic rings. The van der Waals surface area contributed by atoms with E-state index >= 15 is 0 Å². The summed E-state index contributed by atoms with van der Waals surface area (Å²) >= 11 is 0. The Balaban J connectivity index is 1.28. The van der Waals surface area contributed by atoms with E-state index in [0.717, 1.165) is 18.9 Å². The fourth-order valence-corrected chi connectivity index (χ4v) is 5.03. The first kappa shape index (κ1) is 25.3. The summed E-state index contributed by atoms with van der Waals surface area (Å²) in [4.78, 5) is 30.7. The van der Waals surface area contributed by atoms with Crippen molar-refractivity contribution in [3.05, 3.63) is 35.4 Å². The van der Waals surface area contributed by atoms with Gasteiger partial charge in [-0.05, 0) is 18.9 Å². The monoisotopic (exact) mass is 522 g/mol. The summed E-state index contributed by atoms with van der Waals surface area (Å²) in [6, 6.07) is 0.989. The zero-order valence-corrected chi connectivity index (χ0v) is 20.4. The van der Waals surface area contributed by atoms with Crippen molar-refractivity contribution in [1.82, 2.24) is 24.8 Å². The lowest BCUT2D eigenvalue weighted by Gasteiger charge is -2.33. The number of carbonyl (C=O) groups is 1. The predicted molar refractivity (Wildman–Crippen MR) is 125 cm³/mol. The largest absolute Gasteiger partial charge is 0.481 e. The number of halogens is 3. The number of aliphatic hydroxyl groups is 1. The SMILES string of the molecule is COc1ncc(N2CCc3ncnc(OC4CCN(C(=O)N5CCC(O)CC5)C4)c3C2)cc1C(F)(F)F. The second kappa shape index (κ2) is 10.2. The summed E-state index contributed by atoms with van der Waals surface area (Å²) < 4.78 is 51.6.